The molecule has 1 atom stereocenters. The van der Waals surface area contributed by atoms with Gasteiger partial charge in [-0.2, -0.15) is 0 Å². The van der Waals surface area contributed by atoms with Crippen LogP contribution in [0.3, 0.4) is 0 Å². The molecule has 1 unspecified atom stereocenters. The second-order valence-corrected chi connectivity index (χ2v) is 4.84. The molecule has 1 fully saturated rings. The van der Waals surface area contributed by atoms with Crippen LogP contribution in [0.25, 0.3) is 0 Å². The van der Waals surface area contributed by atoms with Crippen LogP contribution in [0, 0.1) is 0 Å². The lowest BCUT2D eigenvalue weighted by molar-refractivity contribution is 0.000854. The monoisotopic (exact) mass is 233 g/mol. The molecule has 0 spiro atoms. The van der Waals surface area contributed by atoms with Crippen molar-refractivity contribution in [1.29, 1.82) is 0 Å². The Kier molecular flexibility index (Phi) is 3.18. The predicted octanol–water partition coefficient (Wildman–Crippen LogP) is 0.842. The number of methoxy groups -OCH3 is 1. The van der Waals surface area contributed by atoms with Crippen LogP contribution in [0.1, 0.15) is 24.9 Å². The molecule has 0 aromatic rings. The summed E-state index contributed by atoms with van der Waals surface area (Å²) < 4.78 is 31.2. The molecule has 1 heterocycles. The first-order chi connectivity index (χ1) is 8.58. The number of amides is 1. The van der Waals surface area contributed by atoms with Gasteiger partial charge < -0.3 is 19.7 Å². The average Bonchev–Trinajstić information content (AvgIpc) is 2.23. The fourth-order valence-electron chi connectivity index (χ4n) is 1.57. The minimum atomic E-state index is -2.45. The maximum absolute atomic E-state index is 12.0. The van der Waals surface area contributed by atoms with Crippen LogP contribution in [-0.2, 0) is 9.47 Å². The summed E-state index contributed by atoms with van der Waals surface area (Å²) in [6.45, 7) is 6.97. The van der Waals surface area contributed by atoms with E-state index in [4.69, 9.17) is 13.6 Å². The third kappa shape index (κ3) is 3.98. The molecule has 5 heteroatoms. The normalized spacial score (nSPS) is 25.6. The molecule has 5 nitrogen and oxygen atoms in total. The summed E-state index contributed by atoms with van der Waals surface area (Å²) in [7, 11) is -2.45. The van der Waals surface area contributed by atoms with Crippen molar-refractivity contribution in [3.05, 3.63) is 0 Å². The van der Waals surface area contributed by atoms with Gasteiger partial charge in [0.05, 0.1) is 16.8 Å². The number of ether oxygens (including phenoxy) is 2. The molecule has 1 saturated heterocycles. The second kappa shape index (κ2) is 5.50. The van der Waals surface area contributed by atoms with Gasteiger partial charge in [-0.1, -0.05) is 0 Å². The third-order valence-electron chi connectivity index (χ3n) is 2.25. The van der Waals surface area contributed by atoms with Crippen molar-refractivity contribution in [2.24, 2.45) is 0 Å². The molecule has 0 aromatic carbocycles. The highest BCUT2D eigenvalue weighted by Crippen LogP contribution is 2.13. The van der Waals surface area contributed by atoms with E-state index in [-0.39, 0.29) is 12.6 Å². The predicted molar refractivity (Wildman–Crippen MR) is 61.5 cm³/mol. The van der Waals surface area contributed by atoms with Gasteiger partial charge in [0.15, 0.2) is 0 Å². The number of rotatable bonds is 2. The van der Waals surface area contributed by atoms with E-state index >= 15 is 0 Å². The number of nitrogens with one attached hydrogen (secondary N) is 1. The van der Waals surface area contributed by atoms with Gasteiger partial charge in [0.25, 0.3) is 0 Å². The van der Waals surface area contributed by atoms with Crippen LogP contribution in [0.15, 0.2) is 0 Å². The van der Waals surface area contributed by atoms with Crippen LogP contribution in [0.2, 0.25) is 0 Å². The Hall–Kier alpha value is -0.810. The van der Waals surface area contributed by atoms with Crippen molar-refractivity contribution < 1.29 is 18.4 Å². The summed E-state index contributed by atoms with van der Waals surface area (Å²) in [5, 5.41) is 3.11. The SMILES string of the molecule is [2H]C([2H])([2H])OCC1CNCCN1C(=O)OC(C)(C)C. The Morgan fingerprint density at radius 3 is 3.00 bits per heavy atom. The molecule has 1 aliphatic heterocycles. The van der Waals surface area contributed by atoms with Crippen molar-refractivity contribution in [2.45, 2.75) is 32.4 Å². The van der Waals surface area contributed by atoms with Gasteiger partial charge in [-0.3, -0.25) is 0 Å². The largest absolute Gasteiger partial charge is 0.444 e. The molecule has 0 saturated carbocycles. The number of nitrogens with zero attached hydrogens (tertiary/aromatic N) is 1. The number of hydrogen-bond donors (Lipinski definition) is 1. The fourth-order valence-corrected chi connectivity index (χ4v) is 1.57. The van der Waals surface area contributed by atoms with E-state index in [0.29, 0.717) is 19.6 Å². The quantitative estimate of drug-likeness (QED) is 0.768. The Morgan fingerprint density at radius 1 is 1.62 bits per heavy atom. The molecule has 16 heavy (non-hydrogen) atoms. The van der Waals surface area contributed by atoms with Crippen molar-refractivity contribution in [3.63, 3.8) is 0 Å². The minimum absolute atomic E-state index is 0.0389. The molecule has 94 valence electrons. The van der Waals surface area contributed by atoms with Crippen molar-refractivity contribution in [1.82, 2.24) is 10.2 Å². The zero-order valence-corrected chi connectivity index (χ0v) is 10.1. The standard InChI is InChI=1S/C11H22N2O3/c1-11(2,3)16-10(14)13-6-5-12-7-9(13)8-15-4/h9,12H,5-8H2,1-4H3/i4D3. The van der Waals surface area contributed by atoms with E-state index in [1.165, 1.54) is 4.90 Å². The number of hydrogen-bond acceptors (Lipinski definition) is 4. The van der Waals surface area contributed by atoms with Gasteiger partial charge in [0.2, 0.25) is 0 Å². The first kappa shape index (κ1) is 9.24. The first-order valence-electron chi connectivity index (χ1n) is 6.93. The van der Waals surface area contributed by atoms with E-state index in [2.05, 4.69) is 5.32 Å². The molecule has 1 rings (SSSR count). The van der Waals surface area contributed by atoms with Gasteiger partial charge in [-0.25, -0.2) is 4.79 Å². The third-order valence-corrected chi connectivity index (χ3v) is 2.25. The maximum atomic E-state index is 12.0. The molecule has 0 aromatic heterocycles. The lowest BCUT2D eigenvalue weighted by Crippen LogP contribution is -2.56. The van der Waals surface area contributed by atoms with Gasteiger partial charge in [0.1, 0.15) is 5.60 Å². The maximum Gasteiger partial charge on any atom is 0.410 e. The van der Waals surface area contributed by atoms with Crippen molar-refractivity contribution in [2.75, 3.05) is 33.3 Å². The molecular weight excluding hydrogens is 208 g/mol. The highest BCUT2D eigenvalue weighted by molar-refractivity contribution is 5.68. The summed E-state index contributed by atoms with van der Waals surface area (Å²) in [4.78, 5) is 13.5. The molecule has 0 aliphatic carbocycles. The van der Waals surface area contributed by atoms with Crippen LogP contribution >= 0.6 is 0 Å². The molecule has 1 aliphatic rings. The van der Waals surface area contributed by atoms with Crippen LogP contribution in [-0.4, -0.2) is 55.9 Å². The lowest BCUT2D eigenvalue weighted by Gasteiger charge is -2.36. The summed E-state index contributed by atoms with van der Waals surface area (Å²) in [6.07, 6.45) is -0.437. The van der Waals surface area contributed by atoms with E-state index in [9.17, 15) is 4.79 Å². The molecule has 1 N–H and O–H groups in total. The summed E-state index contributed by atoms with van der Waals surface area (Å²) in [5.74, 6) is 0. The van der Waals surface area contributed by atoms with Crippen molar-refractivity contribution in [3.8, 4) is 0 Å². The Labute approximate surface area is 101 Å². The highest BCUT2D eigenvalue weighted by Gasteiger charge is 2.30. The smallest absolute Gasteiger partial charge is 0.410 e. The van der Waals surface area contributed by atoms with Gasteiger partial charge in [-0.05, 0) is 20.8 Å². The number of piperazine rings is 1. The van der Waals surface area contributed by atoms with E-state index in [0.717, 1.165) is 0 Å². The Morgan fingerprint density at radius 2 is 2.38 bits per heavy atom. The van der Waals surface area contributed by atoms with E-state index < -0.39 is 18.7 Å². The summed E-state index contributed by atoms with van der Waals surface area (Å²) in [6, 6.07) is -0.330. The molecule has 0 radical (unpaired) electrons. The lowest BCUT2D eigenvalue weighted by atomic mass is 10.2. The second-order valence-electron chi connectivity index (χ2n) is 4.84. The highest BCUT2D eigenvalue weighted by atomic mass is 16.6. The number of carbonyl (C=O) groups excluding carboxylic acids is 1. The van der Waals surface area contributed by atoms with Crippen LogP contribution < -0.4 is 5.32 Å². The van der Waals surface area contributed by atoms with Crippen LogP contribution in [0.4, 0.5) is 4.79 Å². The fraction of sp³-hybridized carbons (Fsp3) is 0.909. The average molecular weight is 233 g/mol. The van der Waals surface area contributed by atoms with Gasteiger partial charge >= 0.3 is 6.09 Å². The van der Waals surface area contributed by atoms with Gasteiger partial charge in [-0.15, -0.1) is 0 Å². The van der Waals surface area contributed by atoms with E-state index in [1.807, 2.05) is 0 Å². The number of carbonyl (C=O) groups is 1. The van der Waals surface area contributed by atoms with E-state index in [1.54, 1.807) is 20.8 Å². The Balaban J connectivity index is 2.59. The van der Waals surface area contributed by atoms with Crippen LogP contribution in [0.5, 0.6) is 0 Å². The zero-order chi connectivity index (χ0) is 14.7. The topological polar surface area (TPSA) is 50.8 Å². The zero-order valence-electron chi connectivity index (χ0n) is 13.1. The summed E-state index contributed by atoms with van der Waals surface area (Å²) in [5.41, 5.74) is -0.572. The summed E-state index contributed by atoms with van der Waals surface area (Å²) >= 11 is 0. The van der Waals surface area contributed by atoms with Crippen molar-refractivity contribution >= 4 is 6.09 Å². The molecular formula is C11H22N2O3. The minimum Gasteiger partial charge on any atom is -0.444 e. The molecule has 0 bridgehead atoms. The molecule has 1 amide bonds. The first-order valence-corrected chi connectivity index (χ1v) is 5.43. The van der Waals surface area contributed by atoms with Gasteiger partial charge in [0, 0.05) is 26.7 Å². The Bertz CT molecular complexity index is 315.